The van der Waals surface area contributed by atoms with E-state index < -0.39 is 29.4 Å². The number of hydrogen-bond acceptors (Lipinski definition) is 7. The molecule has 0 spiro atoms. The van der Waals surface area contributed by atoms with Crippen molar-refractivity contribution in [2.75, 3.05) is 19.5 Å². The number of aldehydes is 1. The number of ether oxygens (including phenoxy) is 4. The number of alkyl halides is 3. The van der Waals surface area contributed by atoms with E-state index in [0.717, 1.165) is 18.2 Å². The van der Waals surface area contributed by atoms with Crippen LogP contribution >= 0.6 is 0 Å². The van der Waals surface area contributed by atoms with Crippen LogP contribution in [0.15, 0.2) is 42.6 Å². The summed E-state index contributed by atoms with van der Waals surface area (Å²) < 4.78 is 72.7. The van der Waals surface area contributed by atoms with Crippen molar-refractivity contribution in [1.29, 1.82) is 0 Å². The maximum absolute atomic E-state index is 15.3. The number of halogens is 4. The van der Waals surface area contributed by atoms with Crippen LogP contribution in [0.3, 0.4) is 0 Å². The number of rotatable bonds is 8. The van der Waals surface area contributed by atoms with E-state index in [9.17, 15) is 22.8 Å². The van der Waals surface area contributed by atoms with Gasteiger partial charge in [0.1, 0.15) is 34.3 Å². The first-order valence-electron chi connectivity index (χ1n) is 9.77. The molecule has 1 amide bonds. The van der Waals surface area contributed by atoms with Gasteiger partial charge in [0.05, 0.1) is 14.2 Å². The lowest BCUT2D eigenvalue weighted by Crippen LogP contribution is -2.17. The molecular weight excluding hydrogens is 476 g/mol. The van der Waals surface area contributed by atoms with Crippen LogP contribution in [0, 0.1) is 12.7 Å². The number of amides is 1. The molecule has 12 heteroatoms. The predicted octanol–water partition coefficient (Wildman–Crippen LogP) is 5.30. The zero-order valence-corrected chi connectivity index (χ0v) is 18.5. The predicted molar refractivity (Wildman–Crippen MR) is 115 cm³/mol. The number of carbonyl (C=O) groups excluding carboxylic acids is 2. The summed E-state index contributed by atoms with van der Waals surface area (Å²) in [5.41, 5.74) is -0.312. The van der Waals surface area contributed by atoms with E-state index in [4.69, 9.17) is 14.2 Å². The van der Waals surface area contributed by atoms with Gasteiger partial charge in [-0.25, -0.2) is 4.39 Å². The van der Waals surface area contributed by atoms with Crippen LogP contribution in [0.1, 0.15) is 26.4 Å². The van der Waals surface area contributed by atoms with Gasteiger partial charge in [0.15, 0.2) is 17.8 Å². The van der Waals surface area contributed by atoms with Gasteiger partial charge in [-0.1, -0.05) is 0 Å². The average Bonchev–Trinajstić information content (AvgIpc) is 2.81. The molecule has 0 fully saturated rings. The molecule has 35 heavy (non-hydrogen) atoms. The summed E-state index contributed by atoms with van der Waals surface area (Å²) in [5.74, 6) is -3.03. The Bertz CT molecular complexity index is 1260. The van der Waals surface area contributed by atoms with Crippen LogP contribution in [0.5, 0.6) is 28.7 Å². The maximum atomic E-state index is 15.3. The number of nitrogens with one attached hydrogen (secondary N) is 1. The fourth-order valence-electron chi connectivity index (χ4n) is 3.04. The van der Waals surface area contributed by atoms with Crippen LogP contribution in [0.4, 0.5) is 23.2 Å². The van der Waals surface area contributed by atoms with Crippen molar-refractivity contribution >= 4 is 17.9 Å². The summed E-state index contributed by atoms with van der Waals surface area (Å²) in [6.07, 6.45) is -3.18. The standard InChI is InChI=1S/C23H18F4N2O6/c1-12-17(32-2)10-19(34-16-5-4-15(9-18(16)33-3)35-23(25,26)27)20(21(12)24)22(31)29-13-6-7-28-14(8-13)11-30/h4-11H,1-3H3,(H,28,29,31). The normalized spacial score (nSPS) is 10.9. The van der Waals surface area contributed by atoms with E-state index >= 15 is 4.39 Å². The molecule has 0 saturated heterocycles. The van der Waals surface area contributed by atoms with Crippen molar-refractivity contribution in [3.8, 4) is 28.7 Å². The molecule has 0 radical (unpaired) electrons. The minimum Gasteiger partial charge on any atom is -0.496 e. The van der Waals surface area contributed by atoms with Crippen LogP contribution in [-0.4, -0.2) is 37.8 Å². The SMILES string of the molecule is COc1cc(OC(F)(F)F)ccc1Oc1cc(OC)c(C)c(F)c1C(=O)Nc1ccnc(C=O)c1. The lowest BCUT2D eigenvalue weighted by Gasteiger charge is -2.18. The second-order valence-electron chi connectivity index (χ2n) is 6.89. The van der Waals surface area contributed by atoms with E-state index in [-0.39, 0.29) is 39.9 Å². The number of carbonyl (C=O) groups is 2. The second kappa shape index (κ2) is 10.3. The van der Waals surface area contributed by atoms with Gasteiger partial charge in [0, 0.05) is 29.6 Å². The monoisotopic (exact) mass is 494 g/mol. The Kier molecular flexibility index (Phi) is 7.43. The van der Waals surface area contributed by atoms with E-state index in [1.165, 1.54) is 45.5 Å². The first kappa shape index (κ1) is 25.3. The summed E-state index contributed by atoms with van der Waals surface area (Å²) >= 11 is 0. The molecule has 0 unspecified atom stereocenters. The Morgan fingerprint density at radius 3 is 2.34 bits per heavy atom. The molecule has 3 aromatic rings. The molecule has 0 saturated carbocycles. The van der Waals surface area contributed by atoms with Crippen molar-refractivity contribution in [2.24, 2.45) is 0 Å². The Morgan fingerprint density at radius 2 is 1.71 bits per heavy atom. The average molecular weight is 494 g/mol. The molecular formula is C23H18F4N2O6. The van der Waals surface area contributed by atoms with E-state index in [2.05, 4.69) is 15.0 Å². The zero-order chi connectivity index (χ0) is 25.8. The Hall–Kier alpha value is -4.35. The van der Waals surface area contributed by atoms with Crippen LogP contribution in [0.25, 0.3) is 0 Å². The third-order valence-corrected chi connectivity index (χ3v) is 4.62. The van der Waals surface area contributed by atoms with Crippen molar-refractivity contribution in [3.63, 3.8) is 0 Å². The van der Waals surface area contributed by atoms with Gasteiger partial charge in [-0.2, -0.15) is 0 Å². The number of benzene rings is 2. The molecule has 8 nitrogen and oxygen atoms in total. The van der Waals surface area contributed by atoms with Crippen LogP contribution in [0.2, 0.25) is 0 Å². The summed E-state index contributed by atoms with van der Waals surface area (Å²) in [6, 6.07) is 6.90. The van der Waals surface area contributed by atoms with Crippen molar-refractivity contribution in [2.45, 2.75) is 13.3 Å². The Labute approximate surface area is 196 Å². The van der Waals surface area contributed by atoms with Gasteiger partial charge in [-0.15, -0.1) is 13.2 Å². The first-order chi connectivity index (χ1) is 16.6. The zero-order valence-electron chi connectivity index (χ0n) is 18.5. The molecule has 0 aliphatic carbocycles. The quantitative estimate of drug-likeness (QED) is 0.335. The molecule has 3 rings (SSSR count). The van der Waals surface area contributed by atoms with Crippen LogP contribution < -0.4 is 24.3 Å². The fraction of sp³-hybridized carbons (Fsp3) is 0.174. The lowest BCUT2D eigenvalue weighted by molar-refractivity contribution is -0.274. The van der Waals surface area contributed by atoms with Crippen molar-refractivity contribution < 1.29 is 46.1 Å². The highest BCUT2D eigenvalue weighted by molar-refractivity contribution is 6.07. The van der Waals surface area contributed by atoms with Gasteiger partial charge < -0.3 is 24.3 Å². The van der Waals surface area contributed by atoms with E-state index in [1.807, 2.05) is 0 Å². The van der Waals surface area contributed by atoms with Gasteiger partial charge >= 0.3 is 6.36 Å². The van der Waals surface area contributed by atoms with Crippen LogP contribution in [-0.2, 0) is 0 Å². The summed E-state index contributed by atoms with van der Waals surface area (Å²) in [6.45, 7) is 1.38. The minimum atomic E-state index is -4.93. The second-order valence-corrected chi connectivity index (χ2v) is 6.89. The van der Waals surface area contributed by atoms with Gasteiger partial charge in [0.2, 0.25) is 0 Å². The molecule has 1 heterocycles. The highest BCUT2D eigenvalue weighted by atomic mass is 19.4. The van der Waals surface area contributed by atoms with Crippen molar-refractivity contribution in [3.05, 3.63) is 65.2 Å². The highest BCUT2D eigenvalue weighted by Gasteiger charge is 2.31. The Balaban J connectivity index is 2.04. The number of hydrogen-bond donors (Lipinski definition) is 1. The smallest absolute Gasteiger partial charge is 0.496 e. The van der Waals surface area contributed by atoms with E-state index in [0.29, 0.717) is 6.29 Å². The van der Waals surface area contributed by atoms with E-state index in [1.54, 1.807) is 0 Å². The van der Waals surface area contributed by atoms with Gasteiger partial charge in [-0.3, -0.25) is 14.6 Å². The molecule has 1 N–H and O–H groups in total. The number of methoxy groups -OCH3 is 2. The maximum Gasteiger partial charge on any atom is 0.573 e. The molecule has 184 valence electrons. The lowest BCUT2D eigenvalue weighted by atomic mass is 10.1. The van der Waals surface area contributed by atoms with Gasteiger partial charge in [0.25, 0.3) is 5.91 Å². The molecule has 2 aromatic carbocycles. The molecule has 0 aliphatic heterocycles. The third kappa shape index (κ3) is 5.96. The molecule has 0 atom stereocenters. The molecule has 0 aliphatic rings. The third-order valence-electron chi connectivity index (χ3n) is 4.62. The summed E-state index contributed by atoms with van der Waals surface area (Å²) in [7, 11) is 2.46. The number of nitrogens with zero attached hydrogens (tertiary/aromatic N) is 1. The number of aromatic nitrogens is 1. The number of anilines is 1. The first-order valence-corrected chi connectivity index (χ1v) is 9.77. The molecule has 1 aromatic heterocycles. The largest absolute Gasteiger partial charge is 0.573 e. The van der Waals surface area contributed by atoms with Gasteiger partial charge in [-0.05, 0) is 31.2 Å². The number of pyridine rings is 1. The fourth-order valence-corrected chi connectivity index (χ4v) is 3.04. The van der Waals surface area contributed by atoms with Crippen molar-refractivity contribution in [1.82, 2.24) is 4.98 Å². The Morgan fingerprint density at radius 1 is 1.00 bits per heavy atom. The topological polar surface area (TPSA) is 96.0 Å². The minimum absolute atomic E-state index is 0.00852. The molecule has 0 bridgehead atoms. The highest BCUT2D eigenvalue weighted by Crippen LogP contribution is 2.40. The summed E-state index contributed by atoms with van der Waals surface area (Å²) in [5, 5.41) is 2.45. The summed E-state index contributed by atoms with van der Waals surface area (Å²) in [4.78, 5) is 27.7.